The Labute approximate surface area is 132 Å². The van der Waals surface area contributed by atoms with E-state index in [9.17, 15) is 5.11 Å². The van der Waals surface area contributed by atoms with Gasteiger partial charge in [0.25, 0.3) is 0 Å². The minimum Gasteiger partial charge on any atom is -0.496 e. The molecule has 0 aromatic heterocycles. The number of rotatable bonds is 4. The third-order valence-corrected chi connectivity index (χ3v) is 3.77. The summed E-state index contributed by atoms with van der Waals surface area (Å²) in [6, 6.07) is 10.3. The lowest BCUT2D eigenvalue weighted by Crippen LogP contribution is -2.04. The van der Waals surface area contributed by atoms with Gasteiger partial charge >= 0.3 is 0 Å². The number of aliphatic hydroxyl groups is 1. The van der Waals surface area contributed by atoms with Crippen LogP contribution < -0.4 is 4.74 Å². The molecule has 2 nitrogen and oxygen atoms in total. The summed E-state index contributed by atoms with van der Waals surface area (Å²) in [4.78, 5) is 0. The Morgan fingerprint density at radius 3 is 2.35 bits per heavy atom. The molecule has 0 aliphatic carbocycles. The van der Waals surface area contributed by atoms with Gasteiger partial charge in [0.2, 0.25) is 0 Å². The van der Waals surface area contributed by atoms with Crippen LogP contribution in [0.1, 0.15) is 17.2 Å². The molecule has 0 heterocycles. The van der Waals surface area contributed by atoms with Crippen molar-refractivity contribution in [3.63, 3.8) is 0 Å². The first-order chi connectivity index (χ1) is 9.51. The van der Waals surface area contributed by atoms with Crippen molar-refractivity contribution in [2.45, 2.75) is 12.5 Å². The van der Waals surface area contributed by atoms with Gasteiger partial charge in [-0.25, -0.2) is 0 Å². The molecule has 2 rings (SSSR count). The Morgan fingerprint density at radius 2 is 1.70 bits per heavy atom. The monoisotopic (exact) mass is 330 g/mol. The van der Waals surface area contributed by atoms with Crippen molar-refractivity contribution in [1.82, 2.24) is 0 Å². The quantitative estimate of drug-likeness (QED) is 0.860. The fourth-order valence-electron chi connectivity index (χ4n) is 2.00. The van der Waals surface area contributed by atoms with Gasteiger partial charge in [-0.3, -0.25) is 0 Å². The number of halogens is 3. The van der Waals surface area contributed by atoms with E-state index in [1.54, 1.807) is 43.5 Å². The van der Waals surface area contributed by atoms with Crippen molar-refractivity contribution in [2.24, 2.45) is 0 Å². The van der Waals surface area contributed by atoms with Crippen molar-refractivity contribution < 1.29 is 9.84 Å². The smallest absolute Gasteiger partial charge is 0.122 e. The van der Waals surface area contributed by atoms with Gasteiger partial charge in [-0.1, -0.05) is 40.9 Å². The SMILES string of the molecule is COc1ccc(Cl)cc1CC(O)c1ccc(Cl)cc1Cl. The molecule has 0 saturated heterocycles. The summed E-state index contributed by atoms with van der Waals surface area (Å²) in [6.45, 7) is 0. The summed E-state index contributed by atoms with van der Waals surface area (Å²) in [7, 11) is 1.58. The van der Waals surface area contributed by atoms with Crippen LogP contribution in [0.25, 0.3) is 0 Å². The van der Waals surface area contributed by atoms with Gasteiger partial charge in [-0.2, -0.15) is 0 Å². The lowest BCUT2D eigenvalue weighted by atomic mass is 10.0. The molecule has 2 aromatic rings. The van der Waals surface area contributed by atoms with Crippen LogP contribution in [0.3, 0.4) is 0 Å². The van der Waals surface area contributed by atoms with Crippen molar-refractivity contribution in [3.05, 3.63) is 62.6 Å². The number of benzene rings is 2. The summed E-state index contributed by atoms with van der Waals surface area (Å²) in [5.41, 5.74) is 1.44. The Balaban J connectivity index is 2.27. The van der Waals surface area contributed by atoms with Crippen LogP contribution in [0, 0.1) is 0 Å². The van der Waals surface area contributed by atoms with Gasteiger partial charge < -0.3 is 9.84 Å². The van der Waals surface area contributed by atoms with E-state index in [2.05, 4.69) is 0 Å². The first kappa shape index (κ1) is 15.5. The zero-order chi connectivity index (χ0) is 14.7. The largest absolute Gasteiger partial charge is 0.496 e. The van der Waals surface area contributed by atoms with Crippen LogP contribution in [0.4, 0.5) is 0 Å². The van der Waals surface area contributed by atoms with Crippen LogP contribution in [-0.4, -0.2) is 12.2 Å². The number of methoxy groups -OCH3 is 1. The second-order valence-corrected chi connectivity index (χ2v) is 5.62. The maximum Gasteiger partial charge on any atom is 0.122 e. The fourth-order valence-corrected chi connectivity index (χ4v) is 2.73. The molecule has 0 saturated carbocycles. The highest BCUT2D eigenvalue weighted by Gasteiger charge is 2.15. The number of ether oxygens (including phenoxy) is 1. The number of hydrogen-bond donors (Lipinski definition) is 1. The normalized spacial score (nSPS) is 12.2. The van der Waals surface area contributed by atoms with Gasteiger partial charge in [0.15, 0.2) is 0 Å². The lowest BCUT2D eigenvalue weighted by Gasteiger charge is -2.15. The van der Waals surface area contributed by atoms with E-state index < -0.39 is 6.10 Å². The molecule has 0 radical (unpaired) electrons. The molecule has 5 heteroatoms. The summed E-state index contributed by atoms with van der Waals surface area (Å²) < 4.78 is 5.26. The molecule has 1 N–H and O–H groups in total. The zero-order valence-corrected chi connectivity index (χ0v) is 13.0. The highest BCUT2D eigenvalue weighted by atomic mass is 35.5. The molecule has 106 valence electrons. The fraction of sp³-hybridized carbons (Fsp3) is 0.200. The Bertz CT molecular complexity index is 614. The average Bonchev–Trinajstić information content (AvgIpc) is 2.38. The maximum absolute atomic E-state index is 10.3. The van der Waals surface area contributed by atoms with Crippen LogP contribution in [0.15, 0.2) is 36.4 Å². The van der Waals surface area contributed by atoms with Crippen molar-refractivity contribution in [3.8, 4) is 5.75 Å². The summed E-state index contributed by atoms with van der Waals surface area (Å²) in [6.07, 6.45) is -0.405. The third-order valence-electron chi connectivity index (χ3n) is 2.98. The minimum absolute atomic E-state index is 0.352. The lowest BCUT2D eigenvalue weighted by molar-refractivity contribution is 0.177. The van der Waals surface area contributed by atoms with Crippen LogP contribution in [-0.2, 0) is 6.42 Å². The zero-order valence-electron chi connectivity index (χ0n) is 10.7. The van der Waals surface area contributed by atoms with E-state index in [0.717, 1.165) is 5.56 Å². The Kier molecular flexibility index (Phi) is 5.17. The second kappa shape index (κ2) is 6.68. The van der Waals surface area contributed by atoms with Gasteiger partial charge in [0.05, 0.1) is 13.2 Å². The van der Waals surface area contributed by atoms with E-state index in [0.29, 0.717) is 32.8 Å². The average molecular weight is 332 g/mol. The molecule has 2 aromatic carbocycles. The van der Waals surface area contributed by atoms with Crippen LogP contribution in [0.5, 0.6) is 5.75 Å². The second-order valence-electron chi connectivity index (χ2n) is 4.34. The molecule has 0 amide bonds. The predicted molar refractivity (Wildman–Crippen MR) is 83.1 cm³/mol. The van der Waals surface area contributed by atoms with Crippen LogP contribution >= 0.6 is 34.8 Å². The summed E-state index contributed by atoms with van der Waals surface area (Å²) >= 11 is 17.9. The van der Waals surface area contributed by atoms with Crippen molar-refractivity contribution in [1.29, 1.82) is 0 Å². The summed E-state index contributed by atoms with van der Waals surface area (Å²) in [5, 5.41) is 11.9. The molecule has 0 spiro atoms. The molecule has 0 fully saturated rings. The van der Waals surface area contributed by atoms with Gasteiger partial charge in [0.1, 0.15) is 5.75 Å². The standard InChI is InChI=1S/C15H13Cl3O2/c1-20-15-5-3-10(16)6-9(15)7-14(19)12-4-2-11(17)8-13(12)18/h2-6,8,14,19H,7H2,1H3. The molecule has 0 aliphatic rings. The maximum atomic E-state index is 10.3. The number of hydrogen-bond acceptors (Lipinski definition) is 2. The van der Waals surface area contributed by atoms with E-state index in [4.69, 9.17) is 39.5 Å². The van der Waals surface area contributed by atoms with Crippen LogP contribution in [0.2, 0.25) is 15.1 Å². The first-order valence-corrected chi connectivity index (χ1v) is 7.10. The predicted octanol–water partition coefficient (Wildman–Crippen LogP) is 4.93. The molecule has 0 aliphatic heterocycles. The van der Waals surface area contributed by atoms with E-state index in [1.165, 1.54) is 0 Å². The topological polar surface area (TPSA) is 29.5 Å². The summed E-state index contributed by atoms with van der Waals surface area (Å²) in [5.74, 6) is 0.679. The highest BCUT2D eigenvalue weighted by molar-refractivity contribution is 6.35. The molecular weight excluding hydrogens is 319 g/mol. The molecule has 20 heavy (non-hydrogen) atoms. The van der Waals surface area contributed by atoms with Gasteiger partial charge in [0, 0.05) is 21.5 Å². The van der Waals surface area contributed by atoms with Crippen molar-refractivity contribution in [2.75, 3.05) is 7.11 Å². The molecular formula is C15H13Cl3O2. The highest BCUT2D eigenvalue weighted by Crippen LogP contribution is 2.31. The third kappa shape index (κ3) is 3.58. The van der Waals surface area contributed by atoms with Gasteiger partial charge in [-0.05, 0) is 41.5 Å². The van der Waals surface area contributed by atoms with E-state index in [-0.39, 0.29) is 0 Å². The Hall–Kier alpha value is -0.930. The van der Waals surface area contributed by atoms with Crippen molar-refractivity contribution >= 4 is 34.8 Å². The molecule has 1 unspecified atom stereocenters. The first-order valence-electron chi connectivity index (χ1n) is 5.96. The molecule has 0 bridgehead atoms. The molecule has 1 atom stereocenters. The minimum atomic E-state index is -0.757. The Morgan fingerprint density at radius 1 is 1.05 bits per heavy atom. The number of aliphatic hydroxyl groups excluding tert-OH is 1. The van der Waals surface area contributed by atoms with E-state index in [1.807, 2.05) is 0 Å². The van der Waals surface area contributed by atoms with E-state index >= 15 is 0 Å². The van der Waals surface area contributed by atoms with Gasteiger partial charge in [-0.15, -0.1) is 0 Å².